The van der Waals surface area contributed by atoms with Gasteiger partial charge in [0.2, 0.25) is 11.9 Å². The predicted octanol–water partition coefficient (Wildman–Crippen LogP) is 3.32. The summed E-state index contributed by atoms with van der Waals surface area (Å²) in [7, 11) is 0. The average Bonchev–Trinajstić information content (AvgIpc) is 2.80. The van der Waals surface area contributed by atoms with Crippen molar-refractivity contribution in [1.82, 2.24) is 9.97 Å². The van der Waals surface area contributed by atoms with E-state index in [0.29, 0.717) is 11.6 Å². The van der Waals surface area contributed by atoms with Crippen molar-refractivity contribution in [2.75, 3.05) is 41.8 Å². The van der Waals surface area contributed by atoms with Crippen molar-refractivity contribution in [3.63, 3.8) is 0 Å². The summed E-state index contributed by atoms with van der Waals surface area (Å²) in [6.07, 6.45) is 1.73. The predicted molar refractivity (Wildman–Crippen MR) is 127 cm³/mol. The monoisotopic (exact) mass is 432 g/mol. The lowest BCUT2D eigenvalue weighted by atomic mass is 10.1. The number of anilines is 4. The van der Waals surface area contributed by atoms with E-state index in [-0.39, 0.29) is 5.91 Å². The molecule has 32 heavy (non-hydrogen) atoms. The van der Waals surface area contributed by atoms with Crippen LogP contribution in [0.1, 0.15) is 12.5 Å². The van der Waals surface area contributed by atoms with E-state index in [1.807, 2.05) is 36.4 Å². The number of hydrogen-bond donors (Lipinski definition) is 3. The van der Waals surface area contributed by atoms with Crippen LogP contribution in [0, 0.1) is 6.92 Å². The number of nitrogens with one attached hydrogen (secondary N) is 2. The molecule has 0 bridgehead atoms. The van der Waals surface area contributed by atoms with Gasteiger partial charge < -0.3 is 26.0 Å². The average molecular weight is 433 g/mol. The van der Waals surface area contributed by atoms with E-state index < -0.39 is 6.04 Å². The highest BCUT2D eigenvalue weighted by Gasteiger charge is 2.14. The van der Waals surface area contributed by atoms with Crippen molar-refractivity contribution in [2.45, 2.75) is 19.9 Å². The minimum Gasteiger partial charge on any atom is -0.378 e. The smallest absolute Gasteiger partial charge is 0.240 e. The van der Waals surface area contributed by atoms with Crippen LogP contribution in [0.4, 0.5) is 23.0 Å². The third-order valence-electron chi connectivity index (χ3n) is 5.32. The number of rotatable bonds is 6. The Kier molecular flexibility index (Phi) is 6.63. The van der Waals surface area contributed by atoms with E-state index in [0.717, 1.165) is 43.2 Å². The third kappa shape index (κ3) is 5.22. The Morgan fingerprint density at radius 1 is 1.09 bits per heavy atom. The van der Waals surface area contributed by atoms with Gasteiger partial charge in [0.1, 0.15) is 0 Å². The molecule has 0 saturated carbocycles. The van der Waals surface area contributed by atoms with Crippen molar-refractivity contribution in [3.05, 3.63) is 60.3 Å². The molecule has 8 nitrogen and oxygen atoms in total. The molecule has 8 heteroatoms. The van der Waals surface area contributed by atoms with Crippen LogP contribution in [0.5, 0.6) is 0 Å². The molecule has 1 atom stereocenters. The highest BCUT2D eigenvalue weighted by atomic mass is 16.5. The maximum absolute atomic E-state index is 11.7. The van der Waals surface area contributed by atoms with Crippen LogP contribution in [0.2, 0.25) is 0 Å². The minimum atomic E-state index is -0.559. The van der Waals surface area contributed by atoms with E-state index in [1.165, 1.54) is 11.3 Å². The van der Waals surface area contributed by atoms with Gasteiger partial charge in [0.25, 0.3) is 0 Å². The van der Waals surface area contributed by atoms with Crippen LogP contribution in [0.25, 0.3) is 11.3 Å². The van der Waals surface area contributed by atoms with E-state index in [2.05, 4.69) is 44.6 Å². The maximum atomic E-state index is 11.7. The molecule has 0 spiro atoms. The third-order valence-corrected chi connectivity index (χ3v) is 5.32. The second kappa shape index (κ2) is 9.76. The summed E-state index contributed by atoms with van der Waals surface area (Å²) in [4.78, 5) is 23.1. The summed E-state index contributed by atoms with van der Waals surface area (Å²) in [5, 5.41) is 6.08. The fraction of sp³-hybridized carbons (Fsp3) is 0.292. The molecule has 1 aliphatic heterocycles. The summed E-state index contributed by atoms with van der Waals surface area (Å²) >= 11 is 0. The molecule has 1 aromatic heterocycles. The van der Waals surface area contributed by atoms with Gasteiger partial charge in [-0.05, 0) is 55.8 Å². The fourth-order valence-corrected chi connectivity index (χ4v) is 3.58. The van der Waals surface area contributed by atoms with Gasteiger partial charge in [-0.25, -0.2) is 9.97 Å². The van der Waals surface area contributed by atoms with Crippen LogP contribution in [-0.2, 0) is 9.53 Å². The Labute approximate surface area is 187 Å². The molecule has 1 aliphatic rings. The lowest BCUT2D eigenvalue weighted by Gasteiger charge is -2.30. The normalized spacial score (nSPS) is 14.7. The number of amides is 1. The number of ether oxygens (including phenoxy) is 1. The molecule has 4 N–H and O–H groups in total. The molecule has 2 heterocycles. The minimum absolute atomic E-state index is 0.221. The summed E-state index contributed by atoms with van der Waals surface area (Å²) in [6.45, 7) is 7.11. The number of morpholine rings is 1. The molecular formula is C24H28N6O2. The topological polar surface area (TPSA) is 105 Å². The molecule has 4 rings (SSSR count). The summed E-state index contributed by atoms with van der Waals surface area (Å²) in [5.41, 5.74) is 11.4. The van der Waals surface area contributed by atoms with Gasteiger partial charge in [-0.15, -0.1) is 0 Å². The van der Waals surface area contributed by atoms with Crippen molar-refractivity contribution in [2.24, 2.45) is 5.73 Å². The first-order valence-electron chi connectivity index (χ1n) is 10.7. The summed E-state index contributed by atoms with van der Waals surface area (Å²) < 4.78 is 5.45. The van der Waals surface area contributed by atoms with E-state index in [1.54, 1.807) is 13.1 Å². The first-order valence-corrected chi connectivity index (χ1v) is 10.7. The van der Waals surface area contributed by atoms with Crippen molar-refractivity contribution in [1.29, 1.82) is 0 Å². The number of aromatic nitrogens is 2. The lowest BCUT2D eigenvalue weighted by Crippen LogP contribution is -2.36. The highest BCUT2D eigenvalue weighted by molar-refractivity contribution is 5.94. The zero-order valence-corrected chi connectivity index (χ0v) is 18.3. The number of benzene rings is 2. The Bertz CT molecular complexity index is 1080. The molecule has 1 fully saturated rings. The molecular weight excluding hydrogens is 404 g/mol. The molecule has 1 amide bonds. The number of nitrogens with two attached hydrogens (primary N) is 1. The van der Waals surface area contributed by atoms with Gasteiger partial charge >= 0.3 is 0 Å². The Morgan fingerprint density at radius 2 is 1.81 bits per heavy atom. The Balaban J connectivity index is 1.46. The molecule has 166 valence electrons. The lowest BCUT2D eigenvalue weighted by molar-refractivity contribution is -0.117. The van der Waals surface area contributed by atoms with Gasteiger partial charge in [-0.2, -0.15) is 0 Å². The largest absolute Gasteiger partial charge is 0.378 e. The second-order valence-electron chi connectivity index (χ2n) is 7.85. The van der Waals surface area contributed by atoms with Crippen molar-refractivity contribution < 1.29 is 9.53 Å². The first-order chi connectivity index (χ1) is 15.5. The van der Waals surface area contributed by atoms with Gasteiger partial charge in [0, 0.05) is 41.9 Å². The van der Waals surface area contributed by atoms with E-state index in [4.69, 9.17) is 10.5 Å². The van der Waals surface area contributed by atoms with Gasteiger partial charge in [-0.3, -0.25) is 4.79 Å². The van der Waals surface area contributed by atoms with Gasteiger partial charge in [0.05, 0.1) is 24.9 Å². The Morgan fingerprint density at radius 3 is 2.50 bits per heavy atom. The number of aryl methyl sites for hydroxylation is 1. The first kappa shape index (κ1) is 21.7. The summed E-state index contributed by atoms with van der Waals surface area (Å²) in [6, 6.07) is 15.1. The maximum Gasteiger partial charge on any atom is 0.240 e. The van der Waals surface area contributed by atoms with E-state index in [9.17, 15) is 4.79 Å². The Hall–Kier alpha value is -3.49. The number of carbonyl (C=O) groups excluding carboxylic acids is 1. The zero-order valence-electron chi connectivity index (χ0n) is 18.3. The van der Waals surface area contributed by atoms with Crippen molar-refractivity contribution in [3.8, 4) is 11.3 Å². The zero-order chi connectivity index (χ0) is 22.5. The van der Waals surface area contributed by atoms with Crippen LogP contribution >= 0.6 is 0 Å². The van der Waals surface area contributed by atoms with Crippen LogP contribution in [0.15, 0.2) is 54.7 Å². The fourth-order valence-electron chi connectivity index (χ4n) is 3.58. The number of hydrogen-bond acceptors (Lipinski definition) is 7. The molecule has 1 saturated heterocycles. The molecule has 0 radical (unpaired) electrons. The van der Waals surface area contributed by atoms with Crippen molar-refractivity contribution >= 4 is 28.9 Å². The SMILES string of the molecule is Cc1cc(Nc2nccc(-c3ccc(NC(=O)[C@H](C)N)cc3)n2)ccc1N1CCOCC1. The molecule has 2 aromatic carbocycles. The standard InChI is InChI=1S/C24H28N6O2/c1-16-15-20(7-8-22(16)30-11-13-32-14-12-30)28-24-26-10-9-21(29-24)18-3-5-19(6-4-18)27-23(31)17(2)25/h3-10,15,17H,11-14,25H2,1-2H3,(H,27,31)(H,26,28,29)/t17-/m0/s1. The van der Waals surface area contributed by atoms with Crippen LogP contribution in [-0.4, -0.2) is 48.2 Å². The van der Waals surface area contributed by atoms with Gasteiger partial charge in [0.15, 0.2) is 0 Å². The molecule has 0 unspecified atom stereocenters. The number of nitrogens with zero attached hydrogens (tertiary/aromatic N) is 3. The van der Waals surface area contributed by atoms with Crippen LogP contribution < -0.4 is 21.3 Å². The molecule has 0 aliphatic carbocycles. The highest BCUT2D eigenvalue weighted by Crippen LogP contribution is 2.26. The van der Waals surface area contributed by atoms with Gasteiger partial charge in [-0.1, -0.05) is 12.1 Å². The quantitative estimate of drug-likeness (QED) is 0.549. The molecule has 3 aromatic rings. The summed E-state index contributed by atoms with van der Waals surface area (Å²) in [5.74, 6) is 0.302. The second-order valence-corrected chi connectivity index (χ2v) is 7.85. The van der Waals surface area contributed by atoms with Crippen LogP contribution in [0.3, 0.4) is 0 Å². The number of carbonyl (C=O) groups is 1. The van der Waals surface area contributed by atoms with E-state index >= 15 is 0 Å².